The molecule has 1 N–H and O–H groups in total. The average Bonchev–Trinajstić information content (AvgIpc) is 2.92. The van der Waals surface area contributed by atoms with Gasteiger partial charge < -0.3 is 5.32 Å². The van der Waals surface area contributed by atoms with Gasteiger partial charge in [-0.1, -0.05) is 41.6 Å². The number of thioether (sulfide) groups is 1. The maximum Gasteiger partial charge on any atom is 0.234 e. The SMILES string of the molecule is O=C(CSC(=O)c1sc2ccccc2c1Cl)Nc1ccc(F)cc1. The quantitative estimate of drug-likeness (QED) is 0.677. The lowest BCUT2D eigenvalue weighted by atomic mass is 10.2. The van der Waals surface area contributed by atoms with Crippen molar-refractivity contribution in [3.05, 3.63) is 64.2 Å². The second-order valence-electron chi connectivity index (χ2n) is 4.87. The molecule has 122 valence electrons. The number of hydrogen-bond donors (Lipinski definition) is 1. The number of nitrogens with one attached hydrogen (secondary N) is 1. The fourth-order valence-electron chi connectivity index (χ4n) is 2.07. The van der Waals surface area contributed by atoms with Gasteiger partial charge in [0.2, 0.25) is 11.0 Å². The average molecular weight is 380 g/mol. The molecule has 0 saturated carbocycles. The molecule has 0 fully saturated rings. The summed E-state index contributed by atoms with van der Waals surface area (Å²) in [4.78, 5) is 24.6. The van der Waals surface area contributed by atoms with Gasteiger partial charge in [-0.05, 0) is 30.3 Å². The van der Waals surface area contributed by atoms with Crippen LogP contribution in [0.4, 0.5) is 10.1 Å². The maximum absolute atomic E-state index is 12.8. The summed E-state index contributed by atoms with van der Waals surface area (Å²) in [5.41, 5.74) is 0.481. The molecule has 0 atom stereocenters. The highest BCUT2D eigenvalue weighted by Gasteiger charge is 2.18. The molecule has 2 aromatic carbocycles. The first kappa shape index (κ1) is 17.0. The third-order valence-corrected chi connectivity index (χ3v) is 5.86. The van der Waals surface area contributed by atoms with Crippen LogP contribution in [-0.4, -0.2) is 16.8 Å². The zero-order valence-corrected chi connectivity index (χ0v) is 14.6. The van der Waals surface area contributed by atoms with Gasteiger partial charge in [0.15, 0.2) is 0 Å². The molecule has 1 aromatic heterocycles. The zero-order chi connectivity index (χ0) is 17.1. The van der Waals surface area contributed by atoms with E-state index in [1.807, 2.05) is 24.3 Å². The lowest BCUT2D eigenvalue weighted by molar-refractivity contribution is -0.113. The molecular weight excluding hydrogens is 369 g/mol. The maximum atomic E-state index is 12.8. The molecular formula is C17H11ClFNO2S2. The van der Waals surface area contributed by atoms with Crippen LogP contribution in [0.15, 0.2) is 48.5 Å². The molecule has 3 aromatic rings. The first-order chi connectivity index (χ1) is 11.5. The summed E-state index contributed by atoms with van der Waals surface area (Å²) >= 11 is 8.46. The normalized spacial score (nSPS) is 10.8. The van der Waals surface area contributed by atoms with Crippen molar-refractivity contribution < 1.29 is 14.0 Å². The van der Waals surface area contributed by atoms with Crippen molar-refractivity contribution in [1.82, 2.24) is 0 Å². The summed E-state index contributed by atoms with van der Waals surface area (Å²) in [6.07, 6.45) is 0. The van der Waals surface area contributed by atoms with Gasteiger partial charge in [-0.2, -0.15) is 0 Å². The van der Waals surface area contributed by atoms with Crippen LogP contribution in [0.25, 0.3) is 10.1 Å². The van der Waals surface area contributed by atoms with E-state index in [0.29, 0.717) is 15.6 Å². The number of halogens is 2. The number of carbonyl (C=O) groups is 2. The van der Waals surface area contributed by atoms with Crippen molar-refractivity contribution >= 4 is 61.5 Å². The minimum atomic E-state index is -0.378. The number of benzene rings is 2. The summed E-state index contributed by atoms with van der Waals surface area (Å²) < 4.78 is 13.8. The Labute approximate surface area is 150 Å². The molecule has 3 nitrogen and oxygen atoms in total. The van der Waals surface area contributed by atoms with E-state index in [1.54, 1.807) is 0 Å². The molecule has 0 spiro atoms. The summed E-state index contributed by atoms with van der Waals surface area (Å²) in [5.74, 6) is -0.755. The number of thiophene rings is 1. The fraction of sp³-hybridized carbons (Fsp3) is 0.0588. The Morgan fingerprint density at radius 2 is 1.83 bits per heavy atom. The van der Waals surface area contributed by atoms with E-state index in [2.05, 4.69) is 5.32 Å². The van der Waals surface area contributed by atoms with E-state index in [0.717, 1.165) is 21.8 Å². The second kappa shape index (κ2) is 7.34. The molecule has 7 heteroatoms. The third-order valence-electron chi connectivity index (χ3n) is 3.18. The summed E-state index contributed by atoms with van der Waals surface area (Å²) in [6.45, 7) is 0. The third kappa shape index (κ3) is 3.77. The standard InChI is InChI=1S/C17H11ClFNO2S2/c18-15-12-3-1-2-4-13(12)24-16(15)17(22)23-9-14(21)20-11-7-5-10(19)6-8-11/h1-8H,9H2,(H,20,21). The molecule has 24 heavy (non-hydrogen) atoms. The van der Waals surface area contributed by atoms with Crippen LogP contribution in [0.2, 0.25) is 5.02 Å². The van der Waals surface area contributed by atoms with Gasteiger partial charge in [0.1, 0.15) is 10.7 Å². The van der Waals surface area contributed by atoms with Gasteiger partial charge in [0.05, 0.1) is 10.8 Å². The predicted octanol–water partition coefficient (Wildman–Crippen LogP) is 5.21. The van der Waals surface area contributed by atoms with Crippen molar-refractivity contribution in [3.63, 3.8) is 0 Å². The summed E-state index contributed by atoms with van der Waals surface area (Å²) in [5, 5.41) is 3.63. The van der Waals surface area contributed by atoms with Crippen molar-refractivity contribution in [2.45, 2.75) is 0 Å². The van der Waals surface area contributed by atoms with Crippen LogP contribution in [-0.2, 0) is 4.79 Å². The molecule has 0 radical (unpaired) electrons. The predicted molar refractivity (Wildman–Crippen MR) is 98.7 cm³/mol. The number of amides is 1. The van der Waals surface area contributed by atoms with E-state index in [-0.39, 0.29) is 22.6 Å². The van der Waals surface area contributed by atoms with Crippen LogP contribution in [0.3, 0.4) is 0 Å². The number of carbonyl (C=O) groups excluding carboxylic acids is 2. The van der Waals surface area contributed by atoms with Crippen LogP contribution in [0.1, 0.15) is 9.67 Å². The van der Waals surface area contributed by atoms with E-state index in [4.69, 9.17) is 11.6 Å². The van der Waals surface area contributed by atoms with Crippen LogP contribution >= 0.6 is 34.7 Å². The van der Waals surface area contributed by atoms with Crippen LogP contribution < -0.4 is 5.32 Å². The minimum absolute atomic E-state index is 0.0409. The van der Waals surface area contributed by atoms with Crippen molar-refractivity contribution in [1.29, 1.82) is 0 Å². The Morgan fingerprint density at radius 3 is 2.54 bits per heavy atom. The lowest BCUT2D eigenvalue weighted by Gasteiger charge is -2.04. The molecule has 0 aliphatic rings. The van der Waals surface area contributed by atoms with Crippen LogP contribution in [0, 0.1) is 5.82 Å². The number of hydrogen-bond acceptors (Lipinski definition) is 4. The number of anilines is 1. The fourth-order valence-corrected chi connectivity index (χ4v) is 4.35. The Balaban J connectivity index is 1.63. The Kier molecular flexibility index (Phi) is 5.18. The van der Waals surface area contributed by atoms with Gasteiger partial charge in [-0.25, -0.2) is 4.39 Å². The van der Waals surface area contributed by atoms with E-state index in [9.17, 15) is 14.0 Å². The highest BCUT2D eigenvalue weighted by Crippen LogP contribution is 2.37. The van der Waals surface area contributed by atoms with Gasteiger partial charge in [0.25, 0.3) is 0 Å². The monoisotopic (exact) mass is 379 g/mol. The Bertz CT molecular complexity index is 909. The number of fused-ring (bicyclic) bond motifs is 1. The van der Waals surface area contributed by atoms with Crippen molar-refractivity contribution in [2.24, 2.45) is 0 Å². The highest BCUT2D eigenvalue weighted by atomic mass is 35.5. The van der Waals surface area contributed by atoms with E-state index >= 15 is 0 Å². The second-order valence-corrected chi connectivity index (χ2v) is 7.25. The van der Waals surface area contributed by atoms with Crippen molar-refractivity contribution in [2.75, 3.05) is 11.1 Å². The molecule has 0 aliphatic heterocycles. The largest absolute Gasteiger partial charge is 0.325 e. The summed E-state index contributed by atoms with van der Waals surface area (Å²) in [6, 6.07) is 12.9. The van der Waals surface area contributed by atoms with Gasteiger partial charge in [-0.15, -0.1) is 11.3 Å². The van der Waals surface area contributed by atoms with Gasteiger partial charge >= 0.3 is 0 Å². The molecule has 0 aliphatic carbocycles. The van der Waals surface area contributed by atoms with Crippen LogP contribution in [0.5, 0.6) is 0 Å². The Morgan fingerprint density at radius 1 is 1.12 bits per heavy atom. The lowest BCUT2D eigenvalue weighted by Crippen LogP contribution is -2.15. The van der Waals surface area contributed by atoms with E-state index in [1.165, 1.54) is 35.6 Å². The summed E-state index contributed by atoms with van der Waals surface area (Å²) in [7, 11) is 0. The zero-order valence-electron chi connectivity index (χ0n) is 12.2. The van der Waals surface area contributed by atoms with Gasteiger partial charge in [0, 0.05) is 15.8 Å². The first-order valence-corrected chi connectivity index (χ1v) is 9.12. The molecule has 0 saturated heterocycles. The first-order valence-electron chi connectivity index (χ1n) is 6.94. The molecule has 0 unspecified atom stereocenters. The highest BCUT2D eigenvalue weighted by molar-refractivity contribution is 8.14. The number of rotatable bonds is 4. The molecule has 3 rings (SSSR count). The smallest absolute Gasteiger partial charge is 0.234 e. The Hall–Kier alpha value is -1.89. The van der Waals surface area contributed by atoms with Crippen molar-refractivity contribution in [3.8, 4) is 0 Å². The molecule has 0 bridgehead atoms. The molecule has 1 heterocycles. The topological polar surface area (TPSA) is 46.2 Å². The molecule has 1 amide bonds. The van der Waals surface area contributed by atoms with E-state index < -0.39 is 0 Å². The minimum Gasteiger partial charge on any atom is -0.325 e. The van der Waals surface area contributed by atoms with Gasteiger partial charge in [-0.3, -0.25) is 9.59 Å².